The van der Waals surface area contributed by atoms with Crippen molar-refractivity contribution in [3.63, 3.8) is 0 Å². The quantitative estimate of drug-likeness (QED) is 0.644. The molecule has 0 amide bonds. The maximum Gasteiger partial charge on any atom is 0.119 e. The Morgan fingerprint density at radius 1 is 1.04 bits per heavy atom. The lowest BCUT2D eigenvalue weighted by Crippen LogP contribution is -2.00. The molecule has 2 rings (SSSR count). The Hall–Kier alpha value is -1.88. The lowest BCUT2D eigenvalue weighted by Gasteiger charge is -2.07. The lowest BCUT2D eigenvalue weighted by atomic mass is 10.2. The van der Waals surface area contributed by atoms with E-state index < -0.39 is 0 Å². The summed E-state index contributed by atoms with van der Waals surface area (Å²) < 4.78 is 7.57. The number of nitrogens with zero attached hydrogens (tertiary/aromatic N) is 3. The molecule has 1 heterocycles. The fraction of sp³-hybridized carbons (Fsp3) is 0.556. The Labute approximate surface area is 138 Å². The highest BCUT2D eigenvalue weighted by atomic mass is 16.5. The van der Waals surface area contributed by atoms with Crippen LogP contribution in [0.15, 0.2) is 30.5 Å². The molecular formula is C18H28N4O. The van der Waals surface area contributed by atoms with E-state index in [9.17, 15) is 0 Å². The number of aryl methyl sites for hydroxylation is 1. The molecule has 0 aliphatic heterocycles. The van der Waals surface area contributed by atoms with Crippen LogP contribution >= 0.6 is 0 Å². The molecule has 5 nitrogen and oxygen atoms in total. The van der Waals surface area contributed by atoms with Crippen LogP contribution in [-0.4, -0.2) is 28.1 Å². The second-order valence-corrected chi connectivity index (χ2v) is 5.80. The van der Waals surface area contributed by atoms with Gasteiger partial charge in [0.2, 0.25) is 0 Å². The van der Waals surface area contributed by atoms with Gasteiger partial charge in [-0.1, -0.05) is 37.8 Å². The van der Waals surface area contributed by atoms with Crippen molar-refractivity contribution in [1.29, 1.82) is 0 Å². The molecule has 0 saturated heterocycles. The predicted molar refractivity (Wildman–Crippen MR) is 93.0 cm³/mol. The summed E-state index contributed by atoms with van der Waals surface area (Å²) in [5.74, 6) is 0.910. The molecule has 2 N–H and O–H groups in total. The molecule has 5 heteroatoms. The van der Waals surface area contributed by atoms with E-state index in [0.29, 0.717) is 6.54 Å². The molecule has 0 unspecified atom stereocenters. The minimum Gasteiger partial charge on any atom is -0.494 e. The first-order chi connectivity index (χ1) is 11.3. The molecule has 0 saturated carbocycles. The first-order valence-corrected chi connectivity index (χ1v) is 8.68. The number of hydrogen-bond acceptors (Lipinski definition) is 4. The zero-order valence-corrected chi connectivity index (χ0v) is 14.1. The summed E-state index contributed by atoms with van der Waals surface area (Å²) in [5.41, 5.74) is 7.48. The average molecular weight is 316 g/mol. The normalized spacial score (nSPS) is 10.9. The van der Waals surface area contributed by atoms with Gasteiger partial charge in [0.25, 0.3) is 0 Å². The van der Waals surface area contributed by atoms with Crippen LogP contribution in [0.2, 0.25) is 0 Å². The predicted octanol–water partition coefficient (Wildman–Crippen LogP) is 3.51. The zero-order valence-electron chi connectivity index (χ0n) is 14.1. The van der Waals surface area contributed by atoms with Gasteiger partial charge in [0, 0.05) is 0 Å². The van der Waals surface area contributed by atoms with E-state index in [1.165, 1.54) is 25.7 Å². The monoisotopic (exact) mass is 316 g/mol. The maximum atomic E-state index is 5.78. The Morgan fingerprint density at radius 2 is 1.83 bits per heavy atom. The molecule has 0 spiro atoms. The van der Waals surface area contributed by atoms with Crippen LogP contribution in [0, 0.1) is 0 Å². The van der Waals surface area contributed by atoms with E-state index in [0.717, 1.165) is 43.0 Å². The van der Waals surface area contributed by atoms with Crippen molar-refractivity contribution in [2.75, 3.05) is 13.2 Å². The smallest absolute Gasteiger partial charge is 0.119 e. The van der Waals surface area contributed by atoms with Gasteiger partial charge < -0.3 is 10.5 Å². The summed E-state index contributed by atoms with van der Waals surface area (Å²) in [6, 6.07) is 7.99. The largest absolute Gasteiger partial charge is 0.494 e. The summed E-state index contributed by atoms with van der Waals surface area (Å²) in [7, 11) is 0. The van der Waals surface area contributed by atoms with Gasteiger partial charge >= 0.3 is 0 Å². The molecule has 0 aliphatic rings. The molecule has 2 aromatic rings. The summed E-state index contributed by atoms with van der Waals surface area (Å²) in [5, 5.41) is 8.32. The number of unbranched alkanes of at least 4 members (excludes halogenated alkanes) is 4. The van der Waals surface area contributed by atoms with Gasteiger partial charge in [0.05, 0.1) is 24.2 Å². The summed E-state index contributed by atoms with van der Waals surface area (Å²) in [6.07, 6.45) is 10.0. The Kier molecular flexibility index (Phi) is 7.60. The maximum absolute atomic E-state index is 5.78. The molecule has 0 bridgehead atoms. The van der Waals surface area contributed by atoms with Gasteiger partial charge in [-0.3, -0.25) is 0 Å². The van der Waals surface area contributed by atoms with Crippen molar-refractivity contribution in [3.05, 3.63) is 36.2 Å². The molecule has 0 fully saturated rings. The molecule has 0 atom stereocenters. The number of rotatable bonds is 11. The van der Waals surface area contributed by atoms with Crippen molar-refractivity contribution in [1.82, 2.24) is 15.0 Å². The van der Waals surface area contributed by atoms with Crippen molar-refractivity contribution < 1.29 is 4.74 Å². The van der Waals surface area contributed by atoms with Crippen molar-refractivity contribution in [3.8, 4) is 11.4 Å². The SMILES string of the molecule is CCCCCCCOc1ccc(-n2cc(CCCN)nn2)cc1. The summed E-state index contributed by atoms with van der Waals surface area (Å²) in [6.45, 7) is 3.70. The topological polar surface area (TPSA) is 66.0 Å². The van der Waals surface area contributed by atoms with Gasteiger partial charge in [0.15, 0.2) is 0 Å². The summed E-state index contributed by atoms with van der Waals surface area (Å²) >= 11 is 0. The second kappa shape index (κ2) is 10.0. The van der Waals surface area contributed by atoms with Gasteiger partial charge in [0.1, 0.15) is 5.75 Å². The molecular weight excluding hydrogens is 288 g/mol. The summed E-state index contributed by atoms with van der Waals surface area (Å²) in [4.78, 5) is 0. The number of hydrogen-bond donors (Lipinski definition) is 1. The fourth-order valence-corrected chi connectivity index (χ4v) is 2.41. The Morgan fingerprint density at radius 3 is 2.57 bits per heavy atom. The average Bonchev–Trinajstić information content (AvgIpc) is 3.05. The molecule has 0 radical (unpaired) electrons. The van der Waals surface area contributed by atoms with Gasteiger partial charge in [-0.2, -0.15) is 0 Å². The Bertz CT molecular complexity index is 550. The molecule has 126 valence electrons. The van der Waals surface area contributed by atoms with Crippen molar-refractivity contribution >= 4 is 0 Å². The minimum atomic E-state index is 0.678. The zero-order chi connectivity index (χ0) is 16.3. The number of benzene rings is 1. The van der Waals surface area contributed by atoms with Gasteiger partial charge in [-0.15, -0.1) is 5.10 Å². The van der Waals surface area contributed by atoms with E-state index in [2.05, 4.69) is 17.2 Å². The standard InChI is InChI=1S/C18H28N4O/c1-2-3-4-5-6-14-23-18-11-9-17(10-12-18)22-15-16(20-21-22)8-7-13-19/h9-12,15H,2-8,13-14,19H2,1H3. The first-order valence-electron chi connectivity index (χ1n) is 8.68. The highest BCUT2D eigenvalue weighted by Gasteiger charge is 2.03. The highest BCUT2D eigenvalue weighted by Crippen LogP contribution is 2.16. The van der Waals surface area contributed by atoms with Crippen molar-refractivity contribution in [2.24, 2.45) is 5.73 Å². The number of aromatic nitrogens is 3. The van der Waals surface area contributed by atoms with Crippen LogP contribution in [0.3, 0.4) is 0 Å². The van der Waals surface area contributed by atoms with Crippen molar-refractivity contribution in [2.45, 2.75) is 51.9 Å². The van der Waals surface area contributed by atoms with E-state index >= 15 is 0 Å². The van der Waals surface area contributed by atoms with E-state index in [1.54, 1.807) is 4.68 Å². The second-order valence-electron chi connectivity index (χ2n) is 5.80. The van der Waals surface area contributed by atoms with Gasteiger partial charge in [-0.25, -0.2) is 4.68 Å². The molecule has 1 aromatic heterocycles. The highest BCUT2D eigenvalue weighted by molar-refractivity contribution is 5.36. The van der Waals surface area contributed by atoms with Gasteiger partial charge in [-0.05, 0) is 50.1 Å². The molecule has 1 aromatic carbocycles. The van der Waals surface area contributed by atoms with Crippen LogP contribution in [0.25, 0.3) is 5.69 Å². The van der Waals surface area contributed by atoms with Crippen LogP contribution in [0.1, 0.15) is 51.1 Å². The van der Waals surface area contributed by atoms with Crippen LogP contribution in [0.4, 0.5) is 0 Å². The fourth-order valence-electron chi connectivity index (χ4n) is 2.41. The third kappa shape index (κ3) is 6.02. The molecule has 23 heavy (non-hydrogen) atoms. The third-order valence-corrected chi connectivity index (χ3v) is 3.80. The first kappa shape index (κ1) is 17.5. The van der Waals surface area contributed by atoms with E-state index in [1.807, 2.05) is 30.5 Å². The Balaban J connectivity index is 1.78. The molecule has 0 aliphatic carbocycles. The van der Waals surface area contributed by atoms with Crippen LogP contribution in [-0.2, 0) is 6.42 Å². The number of ether oxygens (including phenoxy) is 1. The van der Waals surface area contributed by atoms with Crippen LogP contribution in [0.5, 0.6) is 5.75 Å². The lowest BCUT2D eigenvalue weighted by molar-refractivity contribution is 0.304. The van der Waals surface area contributed by atoms with Crippen LogP contribution < -0.4 is 10.5 Å². The van der Waals surface area contributed by atoms with E-state index in [4.69, 9.17) is 10.5 Å². The van der Waals surface area contributed by atoms with E-state index in [-0.39, 0.29) is 0 Å². The minimum absolute atomic E-state index is 0.678. The number of nitrogens with two attached hydrogens (primary N) is 1. The third-order valence-electron chi connectivity index (χ3n) is 3.80.